The van der Waals surface area contributed by atoms with Gasteiger partial charge in [-0.05, 0) is 72.0 Å². The van der Waals surface area contributed by atoms with Crippen molar-refractivity contribution in [2.24, 2.45) is 22.7 Å². The van der Waals surface area contributed by atoms with E-state index in [4.69, 9.17) is 14.2 Å². The van der Waals surface area contributed by atoms with Gasteiger partial charge in [0.15, 0.2) is 0 Å². The summed E-state index contributed by atoms with van der Waals surface area (Å²) < 4.78 is 18.1. The van der Waals surface area contributed by atoms with Crippen molar-refractivity contribution in [3.63, 3.8) is 0 Å². The van der Waals surface area contributed by atoms with Gasteiger partial charge in [0.2, 0.25) is 35.4 Å². The molecule has 0 saturated carbocycles. The zero-order valence-electron chi connectivity index (χ0n) is 46.8. The van der Waals surface area contributed by atoms with E-state index >= 15 is 0 Å². The first kappa shape index (κ1) is 87.1. The number of hydrogen-bond acceptors (Lipinski definition) is 11. The zero-order chi connectivity index (χ0) is 49.9. The van der Waals surface area contributed by atoms with Gasteiger partial charge >= 0.3 is 0 Å². The van der Waals surface area contributed by atoms with Crippen LogP contribution in [-0.2, 0) is 43.0 Å². The number of nitrogens with zero attached hydrogens (tertiary/aromatic N) is 2. The van der Waals surface area contributed by atoms with Crippen LogP contribution < -0.4 is 21.3 Å². The minimum absolute atomic E-state index is 0. The van der Waals surface area contributed by atoms with Crippen LogP contribution in [0.5, 0.6) is 0 Å². The van der Waals surface area contributed by atoms with E-state index in [-0.39, 0.29) is 233 Å². The average molecular weight is 1330 g/mol. The molecule has 79 heavy (non-hydrogen) atoms. The first-order chi connectivity index (χ1) is 33.0. The van der Waals surface area contributed by atoms with Crippen LogP contribution in [0.1, 0.15) is 117 Å². The molecule has 4 aliphatic heterocycles. The lowest BCUT2D eigenvalue weighted by molar-refractivity contribution is -0.144. The van der Waals surface area contributed by atoms with Crippen LogP contribution in [0.3, 0.4) is 0 Å². The third-order valence-corrected chi connectivity index (χ3v) is 16.7. The highest BCUT2D eigenvalue weighted by Gasteiger charge is 2.56. The molecule has 10 atom stereocenters. The molecule has 2 aromatic carbocycles. The summed E-state index contributed by atoms with van der Waals surface area (Å²) in [4.78, 5) is 86.2. The summed E-state index contributed by atoms with van der Waals surface area (Å²) in [6.45, 7) is 17.1. The van der Waals surface area contributed by atoms with E-state index in [0.29, 0.717) is 50.0 Å². The standard InChI is InChI=1S/C52H76N6O9S2.10H2S/c1-9-33(3)45(59)53-37-21-27-68-41-29-51(5,6)43(57(41)49(37)63)47(61)55-39(35-17-13-11-14-18-35)31-66-25-23-65-24-26-67-32-40(36-19-15-12-16-20-36)56-48(62)44-52(7,8)30-42-58(44)50(64)38(22-28-69-42)54-46(60)34(4)10-2;;;;;;;;;;/h11-20,33-34,37-44H,9-10,21-32H2,1-8H3,(H,53,59)(H,54,60)(H,55,61)(H,56,62);10*1H2/t33-,34-,37+,38+,39-,40-,41+,42+,43-,44-;;;;;;;;;;/m1........../s1. The quantitative estimate of drug-likeness (QED) is 0.0881. The lowest BCUT2D eigenvalue weighted by Crippen LogP contribution is -2.57. The summed E-state index contributed by atoms with van der Waals surface area (Å²) >= 11 is 3.34. The van der Waals surface area contributed by atoms with Crippen molar-refractivity contribution in [3.8, 4) is 0 Å². The largest absolute Gasteiger partial charge is 0.377 e. The van der Waals surface area contributed by atoms with Gasteiger partial charge in [0.25, 0.3) is 0 Å². The van der Waals surface area contributed by atoms with Gasteiger partial charge in [0, 0.05) is 11.8 Å². The minimum atomic E-state index is -0.736. The van der Waals surface area contributed by atoms with E-state index in [1.165, 1.54) is 0 Å². The van der Waals surface area contributed by atoms with Gasteiger partial charge in [-0.25, -0.2) is 0 Å². The molecule has 4 N–H and O–H groups in total. The predicted molar refractivity (Wildman–Crippen MR) is 373 cm³/mol. The Morgan fingerprint density at radius 2 is 0.861 bits per heavy atom. The van der Waals surface area contributed by atoms with Crippen LogP contribution >= 0.6 is 158 Å². The van der Waals surface area contributed by atoms with Crippen LogP contribution in [-0.4, -0.2) is 131 Å². The molecule has 6 amide bonds. The number of fused-ring (bicyclic) bond motifs is 2. The molecule has 0 aromatic heterocycles. The second-order valence-corrected chi connectivity index (χ2v) is 22.9. The van der Waals surface area contributed by atoms with E-state index in [1.807, 2.05) is 116 Å². The maximum Gasteiger partial charge on any atom is 0.246 e. The fourth-order valence-corrected chi connectivity index (χ4v) is 12.9. The van der Waals surface area contributed by atoms with Gasteiger partial charge in [-0.3, -0.25) is 28.8 Å². The lowest BCUT2D eigenvalue weighted by atomic mass is 9.83. The summed E-state index contributed by atoms with van der Waals surface area (Å²) in [6, 6.07) is 15.4. The van der Waals surface area contributed by atoms with Crippen molar-refractivity contribution in [1.29, 1.82) is 0 Å². The Balaban J connectivity index is -0.00000183. The van der Waals surface area contributed by atoms with Crippen LogP contribution in [0.15, 0.2) is 60.7 Å². The van der Waals surface area contributed by atoms with Crippen LogP contribution in [0, 0.1) is 22.7 Å². The maximum absolute atomic E-state index is 14.4. The lowest BCUT2D eigenvalue weighted by Gasteiger charge is -2.35. The van der Waals surface area contributed by atoms with Gasteiger partial charge in [0.05, 0.1) is 62.5 Å². The third kappa shape index (κ3) is 23.3. The van der Waals surface area contributed by atoms with Crippen LogP contribution in [0.4, 0.5) is 0 Å². The first-order valence-electron chi connectivity index (χ1n) is 24.9. The van der Waals surface area contributed by atoms with Gasteiger partial charge in [-0.15, -0.1) is 23.5 Å². The third-order valence-electron chi connectivity index (χ3n) is 14.2. The molecule has 0 aliphatic carbocycles. The van der Waals surface area contributed by atoms with Crippen molar-refractivity contribution in [2.75, 3.05) is 51.1 Å². The minimum Gasteiger partial charge on any atom is -0.377 e. The summed E-state index contributed by atoms with van der Waals surface area (Å²) in [5, 5.41) is 12.1. The first-order valence-corrected chi connectivity index (χ1v) is 27.0. The molecule has 27 heteroatoms. The van der Waals surface area contributed by atoms with E-state index in [0.717, 1.165) is 11.1 Å². The number of amides is 6. The highest BCUT2D eigenvalue weighted by Crippen LogP contribution is 2.48. The average Bonchev–Trinajstić information content (AvgIpc) is 3.65. The fourth-order valence-electron chi connectivity index (χ4n) is 9.76. The predicted octanol–water partition coefficient (Wildman–Crippen LogP) is 7.12. The van der Waals surface area contributed by atoms with Gasteiger partial charge in [-0.2, -0.15) is 135 Å². The zero-order valence-corrected chi connectivity index (χ0v) is 58.5. The number of benzene rings is 2. The molecule has 2 aromatic rings. The number of nitrogens with one attached hydrogen (secondary N) is 4. The summed E-state index contributed by atoms with van der Waals surface area (Å²) in [5.41, 5.74) is 0.716. The molecular weight excluding hydrogens is 1240 g/mol. The molecule has 6 rings (SSSR count). The van der Waals surface area contributed by atoms with Crippen LogP contribution in [0.2, 0.25) is 0 Å². The molecule has 4 heterocycles. The van der Waals surface area contributed by atoms with Crippen molar-refractivity contribution in [2.45, 2.75) is 141 Å². The molecular formula is C52H96N6O9S12. The van der Waals surface area contributed by atoms with Gasteiger partial charge < -0.3 is 45.3 Å². The maximum atomic E-state index is 14.4. The topological polar surface area (TPSA) is 185 Å². The Bertz CT molecular complexity index is 1960. The fraction of sp³-hybridized carbons (Fsp3) is 0.654. The Kier molecular flexibility index (Phi) is 45.7. The smallest absolute Gasteiger partial charge is 0.246 e. The number of thioether (sulfide) groups is 2. The Morgan fingerprint density at radius 3 is 1.18 bits per heavy atom. The summed E-state index contributed by atoms with van der Waals surface area (Å²) in [6.07, 6.45) is 3.68. The van der Waals surface area contributed by atoms with Gasteiger partial charge in [0.1, 0.15) is 24.2 Å². The SMILES string of the molecule is CC[C@@H](C)C(=O)N[C@H]1CCS[C@H]2CC(C)(C)[C@@H](C(=O)N[C@H](COCCOCCOC[C@@H](NC(=O)[C@H]3N4C(=O)[C@@H](NC(=O)[C@H](C)CC)CCS[C@H]4CC3(C)C)c3ccccc3)c3ccccc3)N2C1=O.S.S.S.S.S.S.S.S.S.S. The van der Waals surface area contributed by atoms with E-state index in [2.05, 4.69) is 21.3 Å². The molecule has 0 unspecified atom stereocenters. The van der Waals surface area contributed by atoms with E-state index < -0.39 is 47.1 Å². The number of ether oxygens (including phenoxy) is 3. The monoisotopic (exact) mass is 1330 g/mol. The molecule has 0 radical (unpaired) electrons. The molecule has 460 valence electrons. The number of rotatable bonds is 22. The van der Waals surface area contributed by atoms with Crippen LogP contribution in [0.25, 0.3) is 0 Å². The Morgan fingerprint density at radius 1 is 0.544 bits per heavy atom. The molecule has 0 spiro atoms. The van der Waals surface area contributed by atoms with Crippen molar-refractivity contribution in [3.05, 3.63) is 71.8 Å². The van der Waals surface area contributed by atoms with Crippen molar-refractivity contribution < 1.29 is 43.0 Å². The normalized spacial score (nSPS) is 22.5. The number of hydrogen-bond donors (Lipinski definition) is 4. The summed E-state index contributed by atoms with van der Waals surface area (Å²) in [5.74, 6) is -0.264. The Labute approximate surface area is 549 Å². The van der Waals surface area contributed by atoms with E-state index in [1.54, 1.807) is 33.3 Å². The van der Waals surface area contributed by atoms with Gasteiger partial charge in [-0.1, -0.05) is 116 Å². The van der Waals surface area contributed by atoms with Crippen molar-refractivity contribution in [1.82, 2.24) is 31.1 Å². The molecule has 15 nitrogen and oxygen atoms in total. The summed E-state index contributed by atoms with van der Waals surface area (Å²) in [7, 11) is 0. The second kappa shape index (κ2) is 41.4. The molecule has 4 saturated heterocycles. The van der Waals surface area contributed by atoms with Crippen molar-refractivity contribution >= 4 is 194 Å². The number of carbonyl (C=O) groups excluding carboxylic acids is 6. The second-order valence-electron chi connectivity index (χ2n) is 20.4. The molecule has 0 bridgehead atoms. The number of carbonyl (C=O) groups is 6. The highest BCUT2D eigenvalue weighted by atomic mass is 32.2. The highest BCUT2D eigenvalue weighted by molar-refractivity contribution is 8.00. The molecule has 4 aliphatic rings. The Hall–Kier alpha value is -0.660. The van der Waals surface area contributed by atoms with E-state index in [9.17, 15) is 28.8 Å². The molecule has 4 fully saturated rings.